The fraction of sp³-hybridized carbons (Fsp3) is 0.0833. The van der Waals surface area contributed by atoms with E-state index in [0.717, 1.165) is 64.3 Å². The van der Waals surface area contributed by atoms with E-state index in [9.17, 15) is 0 Å². The predicted molar refractivity (Wildman–Crippen MR) is 219 cm³/mol. The van der Waals surface area contributed by atoms with Crippen molar-refractivity contribution < 1.29 is 16.5 Å². The van der Waals surface area contributed by atoms with Crippen LogP contribution >= 0.6 is 0 Å². The molecule has 2 aromatic heterocycles. The molecule has 4 unspecified atom stereocenters. The Labute approximate surface area is 334 Å². The Kier molecular flexibility index (Phi) is 6.87. The van der Waals surface area contributed by atoms with E-state index in [-0.39, 0.29) is 40.2 Å². The van der Waals surface area contributed by atoms with E-state index in [1.165, 1.54) is 0 Å². The van der Waals surface area contributed by atoms with Crippen molar-refractivity contribution in [2.45, 2.75) is 23.7 Å². The summed E-state index contributed by atoms with van der Waals surface area (Å²) in [4.78, 5) is 42.1. The Balaban J connectivity index is 0.00000356. The summed E-state index contributed by atoms with van der Waals surface area (Å²) in [6, 6.07) is 42.3. The van der Waals surface area contributed by atoms with Gasteiger partial charge in [0.15, 0.2) is 0 Å². The topological polar surface area (TPSA) is 106 Å². The zero-order valence-electron chi connectivity index (χ0n) is 30.1. The van der Waals surface area contributed by atoms with Gasteiger partial charge in [-0.15, -0.1) is 0 Å². The first-order chi connectivity index (χ1) is 27.7. The maximum Gasteiger partial charge on any atom is 2.00 e. The number of aromatic nitrogens is 8. The number of hydrogen-bond donors (Lipinski definition) is 0. The van der Waals surface area contributed by atoms with Crippen LogP contribution in [-0.4, -0.2) is 29.9 Å². The van der Waals surface area contributed by atoms with Crippen molar-refractivity contribution in [3.63, 3.8) is 0 Å². The Bertz CT molecular complexity index is 3550. The van der Waals surface area contributed by atoms with Crippen molar-refractivity contribution in [2.75, 3.05) is 0 Å². The summed E-state index contributed by atoms with van der Waals surface area (Å²) in [6.07, 6.45) is 9.12. The van der Waals surface area contributed by atoms with Gasteiger partial charge in [-0.1, -0.05) is 121 Å². The summed E-state index contributed by atoms with van der Waals surface area (Å²) in [7, 11) is 0. The molecule has 0 saturated heterocycles. The van der Waals surface area contributed by atoms with Crippen molar-refractivity contribution in [3.05, 3.63) is 165 Å². The van der Waals surface area contributed by atoms with Crippen LogP contribution in [0.3, 0.4) is 0 Å². The second-order valence-corrected chi connectivity index (χ2v) is 15.1. The molecule has 8 aromatic rings. The van der Waals surface area contributed by atoms with E-state index in [4.69, 9.17) is 39.9 Å². The summed E-state index contributed by atoms with van der Waals surface area (Å²) in [5.74, 6) is 3.36. The van der Waals surface area contributed by atoms with E-state index in [2.05, 4.69) is 146 Å². The molecule has 6 aromatic carbocycles. The van der Waals surface area contributed by atoms with E-state index in [1.807, 2.05) is 0 Å². The van der Waals surface area contributed by atoms with Crippen molar-refractivity contribution in [1.82, 2.24) is 39.9 Å². The van der Waals surface area contributed by atoms with Crippen LogP contribution in [0, 0.1) is 0 Å². The summed E-state index contributed by atoms with van der Waals surface area (Å²) >= 11 is 0. The van der Waals surface area contributed by atoms with Crippen LogP contribution < -0.4 is 30.8 Å². The fourth-order valence-corrected chi connectivity index (χ4v) is 9.13. The molecule has 0 radical (unpaired) electrons. The van der Waals surface area contributed by atoms with Gasteiger partial charge in [-0.05, 0) is 89.1 Å². The molecule has 0 N–H and O–H groups in total. The Morgan fingerprint density at radius 1 is 0.368 bits per heavy atom. The molecule has 270 valence electrons. The second-order valence-electron chi connectivity index (χ2n) is 15.1. The molecule has 13 rings (SSSR count). The van der Waals surface area contributed by atoms with Gasteiger partial charge in [0.1, 0.15) is 0 Å². The van der Waals surface area contributed by atoms with Crippen LogP contribution in [0.25, 0.3) is 90.7 Å². The first-order valence-electron chi connectivity index (χ1n) is 19.0. The molecule has 3 aliphatic heterocycles. The normalized spacial score (nSPS) is 18.9. The zero-order chi connectivity index (χ0) is 36.5. The van der Waals surface area contributed by atoms with Gasteiger partial charge in [-0.3, -0.25) is 4.98 Å². The number of nitrogens with zero attached hydrogens (tertiary/aromatic N) is 8. The average molecular weight is 776 g/mol. The first-order valence-corrected chi connectivity index (χ1v) is 19.0. The van der Waals surface area contributed by atoms with E-state index >= 15 is 0 Å². The summed E-state index contributed by atoms with van der Waals surface area (Å²) in [6.45, 7) is 0. The largest absolute Gasteiger partial charge is 2.00 e. The molecular weight excluding hydrogens is 747 g/mol. The fourth-order valence-electron chi connectivity index (χ4n) is 9.13. The molecule has 5 heterocycles. The van der Waals surface area contributed by atoms with Gasteiger partial charge in [-0.25, -0.2) is 4.98 Å². The van der Waals surface area contributed by atoms with Gasteiger partial charge < -0.3 is 29.9 Å². The maximum atomic E-state index is 5.36. The van der Waals surface area contributed by atoms with Crippen LogP contribution in [0.5, 0.6) is 0 Å². The van der Waals surface area contributed by atoms with Gasteiger partial charge in [0.2, 0.25) is 0 Å². The van der Waals surface area contributed by atoms with E-state index in [0.29, 0.717) is 46.2 Å². The Hall–Kier alpha value is -6.83. The van der Waals surface area contributed by atoms with Gasteiger partial charge in [-0.2, -0.15) is 0 Å². The average Bonchev–Trinajstić information content (AvgIpc) is 3.95. The van der Waals surface area contributed by atoms with E-state index in [1.54, 1.807) is 0 Å². The SMILES string of the molecule is C1=c2ccccc2=CC2c3nc(nc4[n-]c(nc5nc(nc6[n-]c(n3)c3cc7ccccc7cc63)-c3cc6ccccc6cc3-5)C3C=c5ccccc5=CC43)C12.[Ni+2]. The molecule has 4 atom stereocenters. The van der Waals surface area contributed by atoms with Crippen LogP contribution in [-0.2, 0) is 16.5 Å². The predicted octanol–water partition coefficient (Wildman–Crippen LogP) is 5.95. The molecule has 0 saturated carbocycles. The van der Waals surface area contributed by atoms with Crippen molar-refractivity contribution in [1.29, 1.82) is 0 Å². The number of rotatable bonds is 0. The Morgan fingerprint density at radius 3 is 1.33 bits per heavy atom. The summed E-state index contributed by atoms with van der Waals surface area (Å²) in [5.41, 5.74) is 2.96. The van der Waals surface area contributed by atoms with Crippen LogP contribution in [0.15, 0.2) is 121 Å². The standard InChI is InChI=1S/C48H28N8.Ni/c1-2-10-26-18-34-33(17-25(26)9-1)41-49-42(34)54-44-37-21-29-13-5-6-14-30(29)22-38(37)46(51-44)56-48-40-24-32-16-8-7-15-31(32)23-39(40)47(52-48)55-45-36-20-28-12-4-3-11-27(28)19-35(36)43(50-45)53-41;/h1-24,33-36H;/q-2;+2. The molecule has 8 nitrogen and oxygen atoms in total. The monoisotopic (exact) mass is 774 g/mol. The maximum absolute atomic E-state index is 5.36. The number of benzene rings is 6. The quantitative estimate of drug-likeness (QED) is 0.174. The molecular formula is C48H28N8Ni. The zero-order valence-corrected chi connectivity index (χ0v) is 31.0. The number of fused-ring (bicyclic) bond motifs is 24. The third kappa shape index (κ3) is 4.92. The van der Waals surface area contributed by atoms with E-state index < -0.39 is 0 Å². The summed E-state index contributed by atoms with van der Waals surface area (Å²) in [5, 5.41) is 10.9. The van der Waals surface area contributed by atoms with Crippen molar-refractivity contribution in [3.8, 4) is 22.8 Å². The van der Waals surface area contributed by atoms with Crippen molar-refractivity contribution in [2.24, 2.45) is 0 Å². The third-order valence-electron chi connectivity index (χ3n) is 11.9. The van der Waals surface area contributed by atoms with Gasteiger partial charge in [0.05, 0.1) is 23.3 Å². The van der Waals surface area contributed by atoms with Gasteiger partial charge in [0, 0.05) is 46.1 Å². The number of hydrogen-bond acceptors (Lipinski definition) is 6. The third-order valence-corrected chi connectivity index (χ3v) is 11.9. The molecule has 0 amide bonds. The molecule has 57 heavy (non-hydrogen) atoms. The minimum Gasteiger partial charge on any atom is -0.366 e. The molecule has 9 heteroatoms. The van der Waals surface area contributed by atoms with Gasteiger partial charge >= 0.3 is 16.5 Å². The van der Waals surface area contributed by atoms with Crippen molar-refractivity contribution >= 4 is 67.9 Å². The summed E-state index contributed by atoms with van der Waals surface area (Å²) < 4.78 is 0. The molecule has 2 aliphatic carbocycles. The molecule has 5 aliphatic rings. The smallest absolute Gasteiger partial charge is 0.366 e. The minimum atomic E-state index is -0.128. The van der Waals surface area contributed by atoms with Crippen LogP contribution in [0.1, 0.15) is 47.0 Å². The second kappa shape index (κ2) is 12.1. The minimum absolute atomic E-state index is 0. The molecule has 0 spiro atoms. The molecule has 0 fully saturated rings. The van der Waals surface area contributed by atoms with Gasteiger partial charge in [0.25, 0.3) is 0 Å². The Morgan fingerprint density at radius 2 is 0.789 bits per heavy atom. The van der Waals surface area contributed by atoms with Crippen LogP contribution in [0.2, 0.25) is 0 Å². The van der Waals surface area contributed by atoms with Crippen LogP contribution in [0.4, 0.5) is 0 Å². The molecule has 8 bridgehead atoms. The first kappa shape index (κ1) is 32.4.